The Morgan fingerprint density at radius 2 is 1.50 bits per heavy atom. The van der Waals surface area contributed by atoms with Crippen LogP contribution in [0.2, 0.25) is 0 Å². The van der Waals surface area contributed by atoms with Crippen molar-refractivity contribution in [3.63, 3.8) is 0 Å². The third-order valence-electron chi connectivity index (χ3n) is 5.71. The number of carbonyl (C=O) groups is 3. The number of benzene rings is 2. The second kappa shape index (κ2) is 9.91. The number of hydrogen-bond donors (Lipinski definition) is 0. The molecular weight excluding hydrogens is 466 g/mol. The van der Waals surface area contributed by atoms with Gasteiger partial charge in [0.2, 0.25) is 5.78 Å². The molecule has 0 amide bonds. The van der Waals surface area contributed by atoms with Gasteiger partial charge in [-0.25, -0.2) is 14.4 Å². The first-order valence-corrected chi connectivity index (χ1v) is 10.9. The van der Waals surface area contributed by atoms with Gasteiger partial charge < -0.3 is 23.2 Å². The molecule has 2 aromatic heterocycles. The quantitative estimate of drug-likeness (QED) is 0.217. The van der Waals surface area contributed by atoms with Crippen LogP contribution in [0.4, 0.5) is 0 Å². The van der Waals surface area contributed by atoms with Gasteiger partial charge in [0.25, 0.3) is 0 Å². The highest BCUT2D eigenvalue weighted by Crippen LogP contribution is 2.25. The number of Topliss-reactive ketones (excluding diaryl/α,β-unsaturated/α-hetero) is 1. The van der Waals surface area contributed by atoms with Crippen molar-refractivity contribution in [3.05, 3.63) is 93.1 Å². The van der Waals surface area contributed by atoms with E-state index in [9.17, 15) is 19.2 Å². The Morgan fingerprint density at radius 1 is 0.861 bits per heavy atom. The Labute approximate surface area is 205 Å². The lowest BCUT2D eigenvalue weighted by Gasteiger charge is -2.13. The summed E-state index contributed by atoms with van der Waals surface area (Å²) in [5.41, 5.74) is 2.45. The minimum Gasteiger partial charge on any atom is -0.485 e. The summed E-state index contributed by atoms with van der Waals surface area (Å²) in [5, 5.41) is 0.734. The van der Waals surface area contributed by atoms with Crippen LogP contribution in [-0.2, 0) is 9.47 Å². The van der Waals surface area contributed by atoms with Crippen molar-refractivity contribution in [1.82, 2.24) is 4.57 Å². The number of nitrogens with zero attached hydrogens (tertiary/aromatic N) is 1. The van der Waals surface area contributed by atoms with E-state index in [0.29, 0.717) is 34.0 Å². The molecule has 0 aliphatic heterocycles. The number of aromatic nitrogens is 1. The molecule has 2 aromatic carbocycles. The summed E-state index contributed by atoms with van der Waals surface area (Å²) in [7, 11) is 2.50. The van der Waals surface area contributed by atoms with Crippen LogP contribution in [0.3, 0.4) is 0 Å². The molecule has 0 aliphatic carbocycles. The first kappa shape index (κ1) is 24.5. The lowest BCUT2D eigenvalue weighted by Crippen LogP contribution is -2.13. The number of methoxy groups -OCH3 is 2. The van der Waals surface area contributed by atoms with Crippen molar-refractivity contribution in [2.45, 2.75) is 13.8 Å². The Hall–Kier alpha value is -4.66. The van der Waals surface area contributed by atoms with Gasteiger partial charge in [-0.2, -0.15) is 0 Å². The molecule has 184 valence electrons. The van der Waals surface area contributed by atoms with E-state index in [4.69, 9.17) is 18.6 Å². The molecule has 0 bridgehead atoms. The molecule has 4 aromatic rings. The average Bonchev–Trinajstić information content (AvgIpc) is 3.19. The van der Waals surface area contributed by atoms with E-state index in [2.05, 4.69) is 0 Å². The van der Waals surface area contributed by atoms with Crippen LogP contribution in [0.5, 0.6) is 5.75 Å². The molecule has 4 rings (SSSR count). The minimum absolute atomic E-state index is 0.169. The standard InChI is InChI=1S/C27H23NO8/c1-15-9-22(23(29)14-35-21-7-5-17-6-8-25(30)36-24(17)13-21)16(2)28(15)20-11-18(26(31)33-3)10-19(12-20)27(32)34-4/h5-13H,14H2,1-4H3. The van der Waals surface area contributed by atoms with Crippen LogP contribution in [0, 0.1) is 13.8 Å². The Kier molecular flexibility index (Phi) is 6.73. The Bertz CT molecular complexity index is 1530. The van der Waals surface area contributed by atoms with Crippen LogP contribution in [0.25, 0.3) is 16.7 Å². The Morgan fingerprint density at radius 3 is 2.14 bits per heavy atom. The van der Waals surface area contributed by atoms with Crippen LogP contribution in [0.1, 0.15) is 42.5 Å². The number of rotatable bonds is 7. The first-order valence-electron chi connectivity index (χ1n) is 10.9. The molecule has 0 saturated carbocycles. The zero-order valence-corrected chi connectivity index (χ0v) is 20.1. The molecule has 0 spiro atoms. The second-order valence-electron chi connectivity index (χ2n) is 8.04. The maximum atomic E-state index is 13.0. The van der Waals surface area contributed by atoms with E-state index < -0.39 is 17.6 Å². The summed E-state index contributed by atoms with van der Waals surface area (Å²) in [6.07, 6.45) is 0. The van der Waals surface area contributed by atoms with Gasteiger partial charge in [0.15, 0.2) is 6.61 Å². The van der Waals surface area contributed by atoms with Crippen molar-refractivity contribution in [3.8, 4) is 11.4 Å². The number of ether oxygens (including phenoxy) is 3. The van der Waals surface area contributed by atoms with Crippen LogP contribution < -0.4 is 10.4 Å². The van der Waals surface area contributed by atoms with Gasteiger partial charge in [0.05, 0.1) is 25.3 Å². The third-order valence-corrected chi connectivity index (χ3v) is 5.71. The predicted molar refractivity (Wildman–Crippen MR) is 130 cm³/mol. The van der Waals surface area contributed by atoms with E-state index in [1.165, 1.54) is 26.4 Å². The van der Waals surface area contributed by atoms with E-state index in [1.54, 1.807) is 60.9 Å². The maximum absolute atomic E-state index is 13.0. The van der Waals surface area contributed by atoms with Gasteiger partial charge >= 0.3 is 17.6 Å². The molecule has 9 nitrogen and oxygen atoms in total. The van der Waals surface area contributed by atoms with Crippen molar-refractivity contribution in [1.29, 1.82) is 0 Å². The molecule has 36 heavy (non-hydrogen) atoms. The number of esters is 2. The largest absolute Gasteiger partial charge is 0.485 e. The summed E-state index contributed by atoms with van der Waals surface area (Å²) >= 11 is 0. The number of fused-ring (bicyclic) bond motifs is 1. The maximum Gasteiger partial charge on any atom is 0.337 e. The topological polar surface area (TPSA) is 114 Å². The molecular formula is C27H23NO8. The number of aryl methyl sites for hydroxylation is 1. The first-order chi connectivity index (χ1) is 17.2. The molecule has 0 N–H and O–H groups in total. The fourth-order valence-corrected chi connectivity index (χ4v) is 4.01. The molecule has 0 saturated heterocycles. The number of carbonyl (C=O) groups excluding carboxylic acids is 3. The van der Waals surface area contributed by atoms with E-state index in [-0.39, 0.29) is 23.5 Å². The van der Waals surface area contributed by atoms with Gasteiger partial charge in [-0.1, -0.05) is 0 Å². The van der Waals surface area contributed by atoms with E-state index in [0.717, 1.165) is 5.39 Å². The van der Waals surface area contributed by atoms with Crippen LogP contribution in [0.15, 0.2) is 63.8 Å². The number of hydrogen-bond acceptors (Lipinski definition) is 8. The summed E-state index contributed by atoms with van der Waals surface area (Å²) in [6, 6.07) is 14.2. The van der Waals surface area contributed by atoms with Crippen molar-refractivity contribution in [2.75, 3.05) is 20.8 Å². The van der Waals surface area contributed by atoms with Crippen molar-refractivity contribution >= 4 is 28.7 Å². The Balaban J connectivity index is 1.63. The van der Waals surface area contributed by atoms with Gasteiger partial charge in [-0.05, 0) is 56.3 Å². The lowest BCUT2D eigenvalue weighted by molar-refractivity contribution is 0.0598. The lowest BCUT2D eigenvalue weighted by atomic mass is 10.1. The smallest absolute Gasteiger partial charge is 0.337 e. The van der Waals surface area contributed by atoms with Gasteiger partial charge in [-0.3, -0.25) is 4.79 Å². The van der Waals surface area contributed by atoms with Crippen molar-refractivity contribution in [2.24, 2.45) is 0 Å². The summed E-state index contributed by atoms with van der Waals surface area (Å²) < 4.78 is 22.2. The normalized spacial score (nSPS) is 10.8. The molecule has 0 radical (unpaired) electrons. The summed E-state index contributed by atoms with van der Waals surface area (Å²) in [5.74, 6) is -1.12. The molecule has 0 aliphatic rings. The minimum atomic E-state index is -0.611. The monoisotopic (exact) mass is 489 g/mol. The molecule has 9 heteroatoms. The van der Waals surface area contributed by atoms with Gasteiger partial charge in [0.1, 0.15) is 11.3 Å². The highest BCUT2D eigenvalue weighted by molar-refractivity contribution is 5.99. The number of ketones is 1. The van der Waals surface area contributed by atoms with Crippen LogP contribution in [-0.4, -0.2) is 43.1 Å². The zero-order valence-electron chi connectivity index (χ0n) is 20.1. The van der Waals surface area contributed by atoms with Crippen molar-refractivity contribution < 1.29 is 33.0 Å². The zero-order chi connectivity index (χ0) is 26.0. The molecule has 0 unspecified atom stereocenters. The SMILES string of the molecule is COC(=O)c1cc(C(=O)OC)cc(-n2c(C)cc(C(=O)COc3ccc4ccc(=O)oc4c3)c2C)c1. The summed E-state index contributed by atoms with van der Waals surface area (Å²) in [4.78, 5) is 48.9. The average molecular weight is 489 g/mol. The predicted octanol–water partition coefficient (Wildman–Crippen LogP) is 4.04. The van der Waals surface area contributed by atoms with E-state index >= 15 is 0 Å². The van der Waals surface area contributed by atoms with Gasteiger partial charge in [0, 0.05) is 40.2 Å². The fraction of sp³-hybridized carbons (Fsp3) is 0.185. The fourth-order valence-electron chi connectivity index (χ4n) is 4.01. The highest BCUT2D eigenvalue weighted by atomic mass is 16.5. The molecule has 2 heterocycles. The third kappa shape index (κ3) is 4.76. The highest BCUT2D eigenvalue weighted by Gasteiger charge is 2.20. The summed E-state index contributed by atoms with van der Waals surface area (Å²) in [6.45, 7) is 3.31. The molecule has 0 atom stereocenters. The second-order valence-corrected chi connectivity index (χ2v) is 8.04. The van der Waals surface area contributed by atoms with Crippen LogP contribution >= 0.6 is 0 Å². The van der Waals surface area contributed by atoms with E-state index in [1.807, 2.05) is 0 Å². The van der Waals surface area contributed by atoms with Gasteiger partial charge in [-0.15, -0.1) is 0 Å². The molecule has 0 fully saturated rings.